The highest BCUT2D eigenvalue weighted by Gasteiger charge is 2.32. The third-order valence-electron chi connectivity index (χ3n) is 4.01. The summed E-state index contributed by atoms with van der Waals surface area (Å²) in [5.74, 6) is -0.216. The number of hydrogen-bond donors (Lipinski definition) is 0. The molecule has 26 heavy (non-hydrogen) atoms. The molecule has 1 aliphatic heterocycles. The Morgan fingerprint density at radius 3 is 2.35 bits per heavy atom. The Morgan fingerprint density at radius 2 is 1.69 bits per heavy atom. The second-order valence-electron chi connectivity index (χ2n) is 5.64. The van der Waals surface area contributed by atoms with Crippen molar-refractivity contribution in [3.63, 3.8) is 0 Å². The van der Waals surface area contributed by atoms with Crippen molar-refractivity contribution in [3.05, 3.63) is 57.3 Å². The van der Waals surface area contributed by atoms with Crippen molar-refractivity contribution in [1.82, 2.24) is 14.2 Å². The molecule has 1 aromatic carbocycles. The van der Waals surface area contributed by atoms with Gasteiger partial charge in [0.1, 0.15) is 10.0 Å². The van der Waals surface area contributed by atoms with E-state index in [9.17, 15) is 13.2 Å². The maximum Gasteiger partial charge on any atom is 0.254 e. The molecule has 1 fully saturated rings. The molecule has 1 saturated heterocycles. The summed E-state index contributed by atoms with van der Waals surface area (Å²) in [6, 6.07) is 7.36. The summed E-state index contributed by atoms with van der Waals surface area (Å²) in [4.78, 5) is 17.9. The summed E-state index contributed by atoms with van der Waals surface area (Å²) in [5, 5.41) is 0.628. The quantitative estimate of drug-likeness (QED) is 0.696. The zero-order valence-electron chi connectivity index (χ0n) is 13.4. The van der Waals surface area contributed by atoms with E-state index in [0.29, 0.717) is 5.56 Å². The van der Waals surface area contributed by atoms with E-state index in [-0.39, 0.29) is 52.2 Å². The second kappa shape index (κ2) is 7.70. The van der Waals surface area contributed by atoms with Gasteiger partial charge in [0.05, 0.1) is 5.02 Å². The van der Waals surface area contributed by atoms with E-state index in [1.54, 1.807) is 11.0 Å². The van der Waals surface area contributed by atoms with Gasteiger partial charge < -0.3 is 4.90 Å². The van der Waals surface area contributed by atoms with Crippen LogP contribution < -0.4 is 0 Å². The molecular formula is C16H14Cl3N3O3S. The van der Waals surface area contributed by atoms with Gasteiger partial charge in [-0.05, 0) is 30.3 Å². The SMILES string of the molecule is O=C(c1ccnc(Cl)c1)N1CCN(S(=O)(=O)c2cc(Cl)ccc2Cl)CC1. The van der Waals surface area contributed by atoms with Crippen molar-refractivity contribution in [1.29, 1.82) is 0 Å². The zero-order valence-corrected chi connectivity index (χ0v) is 16.5. The molecule has 138 valence electrons. The molecule has 0 spiro atoms. The van der Waals surface area contributed by atoms with Gasteiger partial charge in [0, 0.05) is 43.0 Å². The molecule has 0 aliphatic carbocycles. The summed E-state index contributed by atoms with van der Waals surface area (Å²) >= 11 is 17.7. The summed E-state index contributed by atoms with van der Waals surface area (Å²) in [7, 11) is -3.79. The normalized spacial score (nSPS) is 15.9. The predicted molar refractivity (Wildman–Crippen MR) is 100 cm³/mol. The monoisotopic (exact) mass is 433 g/mol. The molecule has 0 radical (unpaired) electrons. The number of hydrogen-bond acceptors (Lipinski definition) is 4. The number of amides is 1. The average Bonchev–Trinajstić information content (AvgIpc) is 2.63. The Bertz CT molecular complexity index is 945. The minimum Gasteiger partial charge on any atom is -0.336 e. The zero-order chi connectivity index (χ0) is 18.9. The molecule has 10 heteroatoms. The van der Waals surface area contributed by atoms with Gasteiger partial charge in [0.15, 0.2) is 0 Å². The molecule has 0 atom stereocenters. The predicted octanol–water partition coefficient (Wildman–Crippen LogP) is 3.19. The molecule has 2 aromatic rings. The highest BCUT2D eigenvalue weighted by atomic mass is 35.5. The van der Waals surface area contributed by atoms with Gasteiger partial charge in [-0.25, -0.2) is 13.4 Å². The molecule has 1 aromatic heterocycles. The van der Waals surface area contributed by atoms with Crippen LogP contribution in [0.1, 0.15) is 10.4 Å². The van der Waals surface area contributed by atoms with Gasteiger partial charge in [0.25, 0.3) is 5.91 Å². The molecule has 0 unspecified atom stereocenters. The van der Waals surface area contributed by atoms with E-state index in [2.05, 4.69) is 4.98 Å². The van der Waals surface area contributed by atoms with Gasteiger partial charge in [-0.15, -0.1) is 0 Å². The van der Waals surface area contributed by atoms with E-state index >= 15 is 0 Å². The highest BCUT2D eigenvalue weighted by Crippen LogP contribution is 2.28. The van der Waals surface area contributed by atoms with Gasteiger partial charge in [-0.3, -0.25) is 4.79 Å². The first-order valence-corrected chi connectivity index (χ1v) is 10.2. The lowest BCUT2D eigenvalue weighted by atomic mass is 10.2. The van der Waals surface area contributed by atoms with Gasteiger partial charge in [0.2, 0.25) is 10.0 Å². The number of benzene rings is 1. The third kappa shape index (κ3) is 3.97. The van der Waals surface area contributed by atoms with Crippen molar-refractivity contribution < 1.29 is 13.2 Å². The van der Waals surface area contributed by atoms with E-state index in [1.165, 1.54) is 34.8 Å². The number of carbonyl (C=O) groups is 1. The Labute approximate surface area is 166 Å². The fraction of sp³-hybridized carbons (Fsp3) is 0.250. The first kappa shape index (κ1) is 19.4. The molecule has 0 saturated carbocycles. The third-order valence-corrected chi connectivity index (χ3v) is 6.83. The number of pyridine rings is 1. The number of aromatic nitrogens is 1. The number of sulfonamides is 1. The van der Waals surface area contributed by atoms with E-state index < -0.39 is 10.0 Å². The lowest BCUT2D eigenvalue weighted by molar-refractivity contribution is 0.0698. The van der Waals surface area contributed by atoms with Crippen molar-refractivity contribution in [2.75, 3.05) is 26.2 Å². The second-order valence-corrected chi connectivity index (χ2v) is 8.78. The Morgan fingerprint density at radius 1 is 1.00 bits per heavy atom. The molecule has 1 aliphatic rings. The summed E-state index contributed by atoms with van der Waals surface area (Å²) in [6.07, 6.45) is 1.46. The Hall–Kier alpha value is -1.38. The summed E-state index contributed by atoms with van der Waals surface area (Å²) in [6.45, 7) is 0.845. The number of nitrogens with zero attached hydrogens (tertiary/aromatic N) is 3. The number of halogens is 3. The highest BCUT2D eigenvalue weighted by molar-refractivity contribution is 7.89. The number of carbonyl (C=O) groups excluding carboxylic acids is 1. The molecule has 0 bridgehead atoms. The van der Waals surface area contributed by atoms with Gasteiger partial charge in [-0.2, -0.15) is 4.31 Å². The number of rotatable bonds is 3. The lowest BCUT2D eigenvalue weighted by Gasteiger charge is -2.34. The summed E-state index contributed by atoms with van der Waals surface area (Å²) < 4.78 is 26.9. The largest absolute Gasteiger partial charge is 0.336 e. The average molecular weight is 435 g/mol. The van der Waals surface area contributed by atoms with E-state index in [1.807, 2.05) is 0 Å². The molecule has 0 N–H and O–H groups in total. The van der Waals surface area contributed by atoms with Crippen molar-refractivity contribution >= 4 is 50.7 Å². The van der Waals surface area contributed by atoms with Crippen LogP contribution in [-0.4, -0.2) is 54.7 Å². The Kier molecular flexibility index (Phi) is 5.74. The van der Waals surface area contributed by atoms with Crippen LogP contribution in [0.4, 0.5) is 0 Å². The van der Waals surface area contributed by atoms with E-state index in [4.69, 9.17) is 34.8 Å². The van der Waals surface area contributed by atoms with Crippen LogP contribution in [0, 0.1) is 0 Å². The van der Waals surface area contributed by atoms with Crippen LogP contribution in [0.5, 0.6) is 0 Å². The Balaban J connectivity index is 1.74. The maximum absolute atomic E-state index is 12.8. The summed E-state index contributed by atoms with van der Waals surface area (Å²) in [5.41, 5.74) is 0.416. The lowest BCUT2D eigenvalue weighted by Crippen LogP contribution is -2.50. The fourth-order valence-electron chi connectivity index (χ4n) is 2.66. The van der Waals surface area contributed by atoms with Crippen molar-refractivity contribution in [2.45, 2.75) is 4.90 Å². The fourth-order valence-corrected chi connectivity index (χ4v) is 5.00. The molecular weight excluding hydrogens is 421 g/mol. The van der Waals surface area contributed by atoms with Crippen LogP contribution in [-0.2, 0) is 10.0 Å². The first-order chi connectivity index (χ1) is 12.3. The minimum absolute atomic E-state index is 0.0349. The van der Waals surface area contributed by atoms with Gasteiger partial charge in [-0.1, -0.05) is 34.8 Å². The van der Waals surface area contributed by atoms with Crippen LogP contribution >= 0.6 is 34.8 Å². The molecule has 1 amide bonds. The van der Waals surface area contributed by atoms with Crippen LogP contribution in [0.2, 0.25) is 15.2 Å². The smallest absolute Gasteiger partial charge is 0.254 e. The standard InChI is InChI=1S/C16H14Cl3N3O3S/c17-12-1-2-13(18)14(10-12)26(24,25)22-7-5-21(6-8-22)16(23)11-3-4-20-15(19)9-11/h1-4,9-10H,5-8H2. The molecule has 2 heterocycles. The topological polar surface area (TPSA) is 70.6 Å². The van der Waals surface area contributed by atoms with Crippen LogP contribution in [0.3, 0.4) is 0 Å². The molecule has 3 rings (SSSR count). The number of piperazine rings is 1. The van der Waals surface area contributed by atoms with Crippen molar-refractivity contribution in [2.24, 2.45) is 0 Å². The van der Waals surface area contributed by atoms with E-state index in [0.717, 1.165) is 0 Å². The maximum atomic E-state index is 12.8. The van der Waals surface area contributed by atoms with Gasteiger partial charge >= 0.3 is 0 Å². The minimum atomic E-state index is -3.79. The van der Waals surface area contributed by atoms with Crippen LogP contribution in [0.25, 0.3) is 0 Å². The van der Waals surface area contributed by atoms with Crippen LogP contribution in [0.15, 0.2) is 41.4 Å². The molecule has 6 nitrogen and oxygen atoms in total. The van der Waals surface area contributed by atoms with Crippen molar-refractivity contribution in [3.8, 4) is 0 Å². The first-order valence-electron chi connectivity index (χ1n) is 7.65.